The van der Waals surface area contributed by atoms with Crippen LogP contribution in [-0.4, -0.2) is 24.9 Å². The van der Waals surface area contributed by atoms with Crippen molar-refractivity contribution in [1.29, 1.82) is 0 Å². The van der Waals surface area contributed by atoms with E-state index in [0.29, 0.717) is 28.9 Å². The van der Waals surface area contributed by atoms with Crippen molar-refractivity contribution in [1.82, 2.24) is 24.9 Å². The van der Waals surface area contributed by atoms with E-state index in [-0.39, 0.29) is 10.8 Å². The van der Waals surface area contributed by atoms with E-state index in [1.807, 2.05) is 36.4 Å². The molecule has 5 heteroatoms. The monoisotopic (exact) mass is 661 g/mol. The van der Waals surface area contributed by atoms with Crippen LogP contribution in [0.3, 0.4) is 0 Å². The Kier molecular flexibility index (Phi) is 7.11. The van der Waals surface area contributed by atoms with Gasteiger partial charge in [0.1, 0.15) is 11.4 Å². The third-order valence-electron chi connectivity index (χ3n) is 10.9. The zero-order chi connectivity index (χ0) is 34.9. The summed E-state index contributed by atoms with van der Waals surface area (Å²) in [6, 6.07) is 38.7. The molecule has 5 nitrogen and oxygen atoms in total. The van der Waals surface area contributed by atoms with Crippen molar-refractivity contribution in [2.45, 2.75) is 58.3 Å². The van der Waals surface area contributed by atoms with Crippen molar-refractivity contribution in [3.63, 3.8) is 0 Å². The summed E-state index contributed by atoms with van der Waals surface area (Å²) in [6.45, 7) is 11.8. The first-order valence-electron chi connectivity index (χ1n) is 17.8. The van der Waals surface area contributed by atoms with E-state index in [9.17, 15) is 0 Å². The van der Waals surface area contributed by atoms with E-state index < -0.39 is 0 Å². The summed E-state index contributed by atoms with van der Waals surface area (Å²) in [7, 11) is 0. The van der Waals surface area contributed by atoms with E-state index in [1.54, 1.807) is 12.4 Å². The van der Waals surface area contributed by atoms with Crippen molar-refractivity contribution in [2.75, 3.05) is 0 Å². The predicted octanol–water partition coefficient (Wildman–Crippen LogP) is 11.4. The highest BCUT2D eigenvalue weighted by Crippen LogP contribution is 2.52. The Morgan fingerprint density at radius 2 is 1.00 bits per heavy atom. The van der Waals surface area contributed by atoms with Gasteiger partial charge in [-0.15, -0.1) is 0 Å². The fourth-order valence-electron chi connectivity index (χ4n) is 8.26. The standard InChI is InChI=1S/C46H39N5/c1-28-20-21-32-34(26-28)40(44-50-42(37-18-10-12-24-47-37)49-43(51-44)38-19-11-13-25-48-38)31-16-8-7-15-30(31)39(32)35-27-36-41(33-17-9-6-14-29(33)35)46(4,5)23-22-45(36,2)3/h6-21,24-27H,22-23H2,1-5H3. The number of rotatable bonds is 4. The Balaban J connectivity index is 1.42. The number of hydrogen-bond donors (Lipinski definition) is 0. The summed E-state index contributed by atoms with van der Waals surface area (Å²) in [5, 5.41) is 7.19. The summed E-state index contributed by atoms with van der Waals surface area (Å²) in [5.41, 5.74) is 9.13. The minimum absolute atomic E-state index is 0.0560. The summed E-state index contributed by atoms with van der Waals surface area (Å²) in [5.74, 6) is 1.63. The van der Waals surface area contributed by atoms with E-state index in [0.717, 1.165) is 22.8 Å². The van der Waals surface area contributed by atoms with Gasteiger partial charge < -0.3 is 0 Å². The topological polar surface area (TPSA) is 64.5 Å². The van der Waals surface area contributed by atoms with Crippen LogP contribution in [0.4, 0.5) is 0 Å². The van der Waals surface area contributed by atoms with Gasteiger partial charge in [-0.25, -0.2) is 15.0 Å². The smallest absolute Gasteiger partial charge is 0.182 e. The van der Waals surface area contributed by atoms with Gasteiger partial charge >= 0.3 is 0 Å². The van der Waals surface area contributed by atoms with E-state index in [4.69, 9.17) is 15.0 Å². The number of aryl methyl sites for hydroxylation is 1. The lowest BCUT2D eigenvalue weighted by molar-refractivity contribution is 0.334. The lowest BCUT2D eigenvalue weighted by Crippen LogP contribution is -2.34. The second-order valence-corrected chi connectivity index (χ2v) is 15.2. The first kappa shape index (κ1) is 31.2. The maximum absolute atomic E-state index is 5.16. The van der Waals surface area contributed by atoms with Crippen LogP contribution in [0.25, 0.3) is 77.9 Å². The Morgan fingerprint density at radius 1 is 0.471 bits per heavy atom. The maximum atomic E-state index is 5.16. The van der Waals surface area contributed by atoms with Crippen LogP contribution in [0, 0.1) is 6.92 Å². The molecule has 5 aromatic carbocycles. The molecule has 0 radical (unpaired) electrons. The highest BCUT2D eigenvalue weighted by molar-refractivity contribution is 6.23. The van der Waals surface area contributed by atoms with Gasteiger partial charge in [-0.05, 0) is 115 Å². The Bertz CT molecular complexity index is 2590. The fourth-order valence-corrected chi connectivity index (χ4v) is 8.26. The largest absolute Gasteiger partial charge is 0.253 e. The van der Waals surface area contributed by atoms with Crippen LogP contribution in [0.2, 0.25) is 0 Å². The Morgan fingerprint density at radius 3 is 1.63 bits per heavy atom. The van der Waals surface area contributed by atoms with Crippen LogP contribution in [0.5, 0.6) is 0 Å². The van der Waals surface area contributed by atoms with Crippen molar-refractivity contribution in [3.8, 4) is 45.6 Å². The number of nitrogens with zero attached hydrogens (tertiary/aromatic N) is 5. The second kappa shape index (κ2) is 11.6. The fraction of sp³-hybridized carbons (Fsp3) is 0.196. The molecule has 0 spiro atoms. The average Bonchev–Trinajstić information content (AvgIpc) is 3.15. The molecule has 3 aromatic heterocycles. The molecule has 248 valence electrons. The molecule has 8 aromatic rings. The third kappa shape index (κ3) is 5.10. The zero-order valence-corrected chi connectivity index (χ0v) is 29.7. The molecule has 0 unspecified atom stereocenters. The molecule has 0 saturated heterocycles. The number of hydrogen-bond acceptors (Lipinski definition) is 5. The molecule has 0 saturated carbocycles. The summed E-state index contributed by atoms with van der Waals surface area (Å²) in [6.07, 6.45) is 5.87. The van der Waals surface area contributed by atoms with Crippen molar-refractivity contribution >= 4 is 32.3 Å². The minimum atomic E-state index is 0.0560. The van der Waals surface area contributed by atoms with Gasteiger partial charge in [0.05, 0.1) is 0 Å². The average molecular weight is 662 g/mol. The van der Waals surface area contributed by atoms with Crippen molar-refractivity contribution in [3.05, 3.63) is 138 Å². The first-order valence-corrected chi connectivity index (χ1v) is 17.8. The predicted molar refractivity (Wildman–Crippen MR) is 210 cm³/mol. The van der Waals surface area contributed by atoms with Crippen LogP contribution in [0.15, 0.2) is 122 Å². The number of benzene rings is 5. The van der Waals surface area contributed by atoms with Gasteiger partial charge in [-0.1, -0.05) is 112 Å². The minimum Gasteiger partial charge on any atom is -0.253 e. The molecule has 9 rings (SSSR count). The number of aromatic nitrogens is 5. The molecule has 51 heavy (non-hydrogen) atoms. The van der Waals surface area contributed by atoms with Crippen LogP contribution >= 0.6 is 0 Å². The third-order valence-corrected chi connectivity index (χ3v) is 10.9. The summed E-state index contributed by atoms with van der Waals surface area (Å²) >= 11 is 0. The zero-order valence-electron chi connectivity index (χ0n) is 29.7. The lowest BCUT2D eigenvalue weighted by Gasteiger charge is -2.43. The van der Waals surface area contributed by atoms with Gasteiger partial charge in [0.15, 0.2) is 17.5 Å². The lowest BCUT2D eigenvalue weighted by atomic mass is 9.61. The maximum Gasteiger partial charge on any atom is 0.182 e. The van der Waals surface area contributed by atoms with E-state index in [2.05, 4.69) is 117 Å². The Labute approximate surface area is 298 Å². The molecule has 0 fully saturated rings. The Hall–Kier alpha value is -5.81. The second-order valence-electron chi connectivity index (χ2n) is 15.2. The van der Waals surface area contributed by atoms with Gasteiger partial charge in [0, 0.05) is 18.0 Å². The van der Waals surface area contributed by atoms with Crippen molar-refractivity contribution < 1.29 is 0 Å². The summed E-state index contributed by atoms with van der Waals surface area (Å²) < 4.78 is 0. The molecular weight excluding hydrogens is 623 g/mol. The highest BCUT2D eigenvalue weighted by Gasteiger charge is 2.39. The van der Waals surface area contributed by atoms with Gasteiger partial charge in [0.25, 0.3) is 0 Å². The SMILES string of the molecule is Cc1ccc2c(-c3cc4c(c5ccccc35)C(C)(C)CCC4(C)C)c3ccccc3c(-c3nc(-c4ccccn4)nc(-c4ccccn4)n3)c2c1. The van der Waals surface area contributed by atoms with E-state index in [1.165, 1.54) is 55.8 Å². The van der Waals surface area contributed by atoms with Gasteiger partial charge in [-0.2, -0.15) is 0 Å². The molecule has 1 aliphatic rings. The van der Waals surface area contributed by atoms with Gasteiger partial charge in [-0.3, -0.25) is 9.97 Å². The molecule has 0 aliphatic heterocycles. The van der Waals surface area contributed by atoms with Crippen LogP contribution in [-0.2, 0) is 10.8 Å². The molecule has 0 atom stereocenters. The molecule has 0 bridgehead atoms. The molecular formula is C46H39N5. The van der Waals surface area contributed by atoms with Crippen LogP contribution < -0.4 is 0 Å². The number of fused-ring (bicyclic) bond motifs is 5. The normalized spacial score (nSPS) is 14.9. The van der Waals surface area contributed by atoms with E-state index >= 15 is 0 Å². The number of pyridine rings is 2. The molecule has 3 heterocycles. The first-order chi connectivity index (χ1) is 24.7. The molecule has 0 N–H and O–H groups in total. The quantitative estimate of drug-likeness (QED) is 0.176. The highest BCUT2D eigenvalue weighted by atomic mass is 15.1. The van der Waals surface area contributed by atoms with Gasteiger partial charge in [0.2, 0.25) is 0 Å². The molecule has 1 aliphatic carbocycles. The van der Waals surface area contributed by atoms with Crippen molar-refractivity contribution in [2.24, 2.45) is 0 Å². The van der Waals surface area contributed by atoms with Crippen LogP contribution in [0.1, 0.15) is 57.2 Å². The summed E-state index contributed by atoms with van der Waals surface area (Å²) in [4.78, 5) is 24.5. The molecule has 0 amide bonds.